The van der Waals surface area contributed by atoms with Gasteiger partial charge in [-0.25, -0.2) is 0 Å². The summed E-state index contributed by atoms with van der Waals surface area (Å²) in [5.74, 6) is -1.58. The van der Waals surface area contributed by atoms with Gasteiger partial charge in [0.2, 0.25) is 0 Å². The molecule has 1 atom stereocenters. The Morgan fingerprint density at radius 1 is 1.36 bits per heavy atom. The number of amides is 1. The number of ether oxygens (including phenoxy) is 1. The summed E-state index contributed by atoms with van der Waals surface area (Å²) in [7, 11) is 0. The minimum absolute atomic E-state index is 0.0577. The van der Waals surface area contributed by atoms with E-state index in [4.69, 9.17) is 4.74 Å². The maximum atomic E-state index is 12.3. The Morgan fingerprint density at radius 3 is 2.68 bits per heavy atom. The second-order valence-corrected chi connectivity index (χ2v) is 6.15. The zero-order valence-electron chi connectivity index (χ0n) is 12.6. The molecule has 0 aromatic heterocycles. The van der Waals surface area contributed by atoms with Gasteiger partial charge < -0.3 is 15.2 Å². The van der Waals surface area contributed by atoms with Gasteiger partial charge in [-0.05, 0) is 37.1 Å². The average molecular weight is 323 g/mol. The van der Waals surface area contributed by atoms with Crippen LogP contribution in [0.4, 0.5) is 0 Å². The molecule has 5 nitrogen and oxygen atoms in total. The van der Waals surface area contributed by atoms with Crippen molar-refractivity contribution in [3.63, 3.8) is 0 Å². The highest BCUT2D eigenvalue weighted by molar-refractivity contribution is 7.98. The van der Waals surface area contributed by atoms with Gasteiger partial charge in [-0.1, -0.05) is 12.1 Å². The third-order valence-corrected chi connectivity index (χ3v) is 4.78. The number of hydrogen-bond acceptors (Lipinski definition) is 4. The van der Waals surface area contributed by atoms with Crippen molar-refractivity contribution in [2.24, 2.45) is 11.8 Å². The molecule has 0 bridgehead atoms. The fraction of sp³-hybridized carbons (Fsp3) is 0.500. The van der Waals surface area contributed by atoms with Gasteiger partial charge in [-0.2, -0.15) is 0 Å². The fourth-order valence-electron chi connectivity index (χ4n) is 2.70. The molecule has 1 aliphatic heterocycles. The molecule has 2 N–H and O–H groups in total. The topological polar surface area (TPSA) is 75.6 Å². The molecular weight excluding hydrogens is 302 g/mol. The lowest BCUT2D eigenvalue weighted by atomic mass is 9.86. The number of benzene rings is 1. The Balaban J connectivity index is 1.99. The lowest BCUT2D eigenvalue weighted by Gasteiger charge is -2.27. The molecule has 1 fully saturated rings. The van der Waals surface area contributed by atoms with Crippen LogP contribution in [0.1, 0.15) is 23.2 Å². The van der Waals surface area contributed by atoms with Crippen molar-refractivity contribution < 1.29 is 19.4 Å². The molecule has 6 heteroatoms. The van der Waals surface area contributed by atoms with Crippen LogP contribution in [0.5, 0.6) is 0 Å². The first-order valence-corrected chi connectivity index (χ1v) is 8.57. The Labute approximate surface area is 134 Å². The smallest absolute Gasteiger partial charge is 0.308 e. The lowest BCUT2D eigenvalue weighted by Crippen LogP contribution is -2.39. The van der Waals surface area contributed by atoms with Gasteiger partial charge >= 0.3 is 5.97 Å². The molecule has 0 spiro atoms. The van der Waals surface area contributed by atoms with E-state index in [2.05, 4.69) is 5.32 Å². The number of hydrogen-bond donors (Lipinski definition) is 2. The van der Waals surface area contributed by atoms with E-state index in [1.54, 1.807) is 6.07 Å². The molecule has 1 amide bonds. The monoisotopic (exact) mass is 323 g/mol. The number of carbonyl (C=O) groups is 2. The van der Waals surface area contributed by atoms with Crippen LogP contribution < -0.4 is 5.32 Å². The zero-order valence-corrected chi connectivity index (χ0v) is 13.4. The van der Waals surface area contributed by atoms with Gasteiger partial charge in [0.1, 0.15) is 0 Å². The van der Waals surface area contributed by atoms with Crippen LogP contribution >= 0.6 is 11.8 Å². The number of thioether (sulfide) groups is 1. The van der Waals surface area contributed by atoms with Crippen LogP contribution in [0.3, 0.4) is 0 Å². The number of carboxylic acid groups (broad SMARTS) is 1. The molecule has 1 aliphatic rings. The third kappa shape index (κ3) is 4.24. The normalized spacial score (nSPS) is 17.0. The summed E-state index contributed by atoms with van der Waals surface area (Å²) in [6.45, 7) is 1.34. The van der Waals surface area contributed by atoms with Crippen molar-refractivity contribution in [3.05, 3.63) is 29.8 Å². The molecule has 1 heterocycles. The van der Waals surface area contributed by atoms with Crippen LogP contribution in [0.15, 0.2) is 29.2 Å². The highest BCUT2D eigenvalue weighted by Crippen LogP contribution is 2.24. The molecule has 22 heavy (non-hydrogen) atoms. The maximum Gasteiger partial charge on any atom is 0.308 e. The first-order valence-electron chi connectivity index (χ1n) is 7.35. The maximum absolute atomic E-state index is 12.3. The molecule has 0 saturated carbocycles. The summed E-state index contributed by atoms with van der Waals surface area (Å²) in [5, 5.41) is 12.2. The van der Waals surface area contributed by atoms with E-state index in [1.807, 2.05) is 24.5 Å². The van der Waals surface area contributed by atoms with Gasteiger partial charge in [0, 0.05) is 24.7 Å². The summed E-state index contributed by atoms with van der Waals surface area (Å²) in [4.78, 5) is 24.7. The van der Waals surface area contributed by atoms with Crippen molar-refractivity contribution in [1.82, 2.24) is 5.32 Å². The second-order valence-electron chi connectivity index (χ2n) is 5.30. The van der Waals surface area contributed by atoms with Gasteiger partial charge in [0.25, 0.3) is 5.91 Å². The van der Waals surface area contributed by atoms with E-state index >= 15 is 0 Å². The van der Waals surface area contributed by atoms with E-state index in [0.29, 0.717) is 18.8 Å². The Bertz CT molecular complexity index is 529. The Morgan fingerprint density at radius 2 is 2.05 bits per heavy atom. The molecule has 0 aliphatic carbocycles. The number of rotatable bonds is 6. The van der Waals surface area contributed by atoms with E-state index in [-0.39, 0.29) is 18.4 Å². The molecular formula is C16H21NO4S. The number of carboxylic acids is 1. The van der Waals surface area contributed by atoms with Crippen molar-refractivity contribution >= 4 is 23.6 Å². The molecule has 1 unspecified atom stereocenters. The van der Waals surface area contributed by atoms with Crippen molar-refractivity contribution in [2.75, 3.05) is 26.0 Å². The number of aliphatic carboxylic acids is 1. The summed E-state index contributed by atoms with van der Waals surface area (Å²) in [6.07, 6.45) is 3.37. The van der Waals surface area contributed by atoms with E-state index in [9.17, 15) is 14.7 Å². The van der Waals surface area contributed by atoms with E-state index in [0.717, 1.165) is 17.7 Å². The van der Waals surface area contributed by atoms with E-state index < -0.39 is 11.9 Å². The minimum atomic E-state index is -0.856. The Kier molecular flexibility index (Phi) is 6.27. The summed E-state index contributed by atoms with van der Waals surface area (Å²) >= 11 is 1.50. The van der Waals surface area contributed by atoms with Gasteiger partial charge in [0.05, 0.1) is 11.5 Å². The summed E-state index contributed by atoms with van der Waals surface area (Å²) < 4.78 is 5.27. The predicted octanol–water partition coefficient (Wildman–Crippen LogP) is 2.27. The largest absolute Gasteiger partial charge is 0.481 e. The highest BCUT2D eigenvalue weighted by Gasteiger charge is 2.30. The second kappa shape index (κ2) is 8.19. The van der Waals surface area contributed by atoms with Gasteiger partial charge in [0.15, 0.2) is 0 Å². The van der Waals surface area contributed by atoms with E-state index in [1.165, 1.54) is 11.8 Å². The zero-order chi connectivity index (χ0) is 15.9. The molecule has 120 valence electrons. The van der Waals surface area contributed by atoms with Crippen LogP contribution in [0, 0.1) is 11.8 Å². The minimum Gasteiger partial charge on any atom is -0.481 e. The average Bonchev–Trinajstić information content (AvgIpc) is 2.55. The predicted molar refractivity (Wildman–Crippen MR) is 85.2 cm³/mol. The summed E-state index contributed by atoms with van der Waals surface area (Å²) in [5.41, 5.74) is 0.589. The van der Waals surface area contributed by atoms with Crippen molar-refractivity contribution in [1.29, 1.82) is 0 Å². The molecule has 0 radical (unpaired) electrons. The standard InChI is InChI=1S/C16H21NO4S/c1-22-14-5-3-2-4-12(14)15(18)17-10-13(16(19)20)11-6-8-21-9-7-11/h2-5,11,13H,6-10H2,1H3,(H,17,18)(H,19,20). The quantitative estimate of drug-likeness (QED) is 0.786. The van der Waals surface area contributed by atoms with Gasteiger partial charge in [-0.3, -0.25) is 9.59 Å². The molecule has 1 aromatic rings. The fourth-order valence-corrected chi connectivity index (χ4v) is 3.30. The van der Waals surface area contributed by atoms with Crippen LogP contribution in [-0.4, -0.2) is 43.0 Å². The SMILES string of the molecule is CSc1ccccc1C(=O)NCC(C(=O)O)C1CCOCC1. The number of carbonyl (C=O) groups excluding carboxylic acids is 1. The summed E-state index contributed by atoms with van der Waals surface area (Å²) in [6, 6.07) is 7.32. The highest BCUT2D eigenvalue weighted by atomic mass is 32.2. The first-order chi connectivity index (χ1) is 10.6. The van der Waals surface area contributed by atoms with Crippen LogP contribution in [0.2, 0.25) is 0 Å². The molecule has 1 aromatic carbocycles. The van der Waals surface area contributed by atoms with Crippen molar-refractivity contribution in [3.8, 4) is 0 Å². The first kappa shape index (κ1) is 16.8. The third-order valence-electron chi connectivity index (χ3n) is 3.99. The Hall–Kier alpha value is -1.53. The molecule has 1 saturated heterocycles. The lowest BCUT2D eigenvalue weighted by molar-refractivity contribution is -0.144. The van der Waals surface area contributed by atoms with Crippen molar-refractivity contribution in [2.45, 2.75) is 17.7 Å². The van der Waals surface area contributed by atoms with Crippen LogP contribution in [-0.2, 0) is 9.53 Å². The van der Waals surface area contributed by atoms with Crippen LogP contribution in [0.25, 0.3) is 0 Å². The molecule has 2 rings (SSSR count). The number of nitrogens with one attached hydrogen (secondary N) is 1. The van der Waals surface area contributed by atoms with Gasteiger partial charge in [-0.15, -0.1) is 11.8 Å².